The molecule has 6 heteroatoms. The fourth-order valence-corrected chi connectivity index (χ4v) is 4.33. The summed E-state index contributed by atoms with van der Waals surface area (Å²) in [6.45, 7) is 9.42. The van der Waals surface area contributed by atoms with Crippen LogP contribution >= 0.6 is 0 Å². The van der Waals surface area contributed by atoms with Crippen LogP contribution in [0.1, 0.15) is 82.8 Å². The minimum absolute atomic E-state index is 0.113. The van der Waals surface area contributed by atoms with E-state index in [1.807, 2.05) is 6.92 Å². The average molecular weight is 442 g/mol. The van der Waals surface area contributed by atoms with Gasteiger partial charge in [-0.05, 0) is 56.4 Å². The summed E-state index contributed by atoms with van der Waals surface area (Å²) in [4.78, 5) is 23.4. The highest BCUT2D eigenvalue weighted by Crippen LogP contribution is 2.33. The highest BCUT2D eigenvalue weighted by molar-refractivity contribution is 6.42. The van der Waals surface area contributed by atoms with Crippen molar-refractivity contribution in [2.75, 3.05) is 31.2 Å². The lowest BCUT2D eigenvalue weighted by Crippen LogP contribution is -2.28. The molecule has 3 rings (SSSR count). The van der Waals surface area contributed by atoms with E-state index >= 15 is 0 Å². The Labute approximate surface area is 193 Å². The number of amidine groups is 1. The molecule has 32 heavy (non-hydrogen) atoms. The van der Waals surface area contributed by atoms with E-state index in [9.17, 15) is 4.79 Å². The molecule has 0 radical (unpaired) electrons. The lowest BCUT2D eigenvalue weighted by Gasteiger charge is -2.31. The van der Waals surface area contributed by atoms with Gasteiger partial charge in [0.2, 0.25) is 11.7 Å². The number of ether oxygens (including phenoxy) is 2. The third-order valence-electron chi connectivity index (χ3n) is 6.21. The number of aryl methyl sites for hydroxylation is 2. The van der Waals surface area contributed by atoms with Crippen molar-refractivity contribution < 1.29 is 14.3 Å². The maximum Gasteiger partial charge on any atom is 0.383 e. The summed E-state index contributed by atoms with van der Waals surface area (Å²) >= 11 is 0. The molecule has 0 saturated heterocycles. The molecule has 0 N–H and O–H groups in total. The third kappa shape index (κ3) is 6.89. The first kappa shape index (κ1) is 24.4. The van der Waals surface area contributed by atoms with Crippen LogP contribution in [0.5, 0.6) is 0 Å². The number of rotatable bonds is 13. The van der Waals surface area contributed by atoms with Crippen LogP contribution in [0, 0.1) is 6.92 Å². The second kappa shape index (κ2) is 12.7. The highest BCUT2D eigenvalue weighted by Gasteiger charge is 2.25. The molecule has 0 saturated carbocycles. The Balaban J connectivity index is 1.48. The van der Waals surface area contributed by atoms with E-state index in [0.29, 0.717) is 12.5 Å². The molecule has 0 atom stereocenters. The number of carbonyl (C=O) groups is 1. The largest absolute Gasteiger partial charge is 0.403 e. The number of nitrogens with zero attached hydrogens (tertiary/aromatic N) is 3. The zero-order valence-electron chi connectivity index (χ0n) is 20.1. The van der Waals surface area contributed by atoms with Crippen LogP contribution in [0.3, 0.4) is 0 Å². The second-order valence-corrected chi connectivity index (χ2v) is 8.81. The van der Waals surface area contributed by atoms with Gasteiger partial charge in [-0.3, -0.25) is 0 Å². The standard InChI is InChI=1S/C26H39N3O3/c1-4-6-7-8-9-10-11-12-16-31-19-24-28-25(26(30)32-24)27-22-18-21-14-13-15-29(5-2)23(21)17-20(22)3/h17-18H,4-16,19H2,1-3H3/b27-25+. The van der Waals surface area contributed by atoms with Crippen LogP contribution in [-0.2, 0) is 20.7 Å². The van der Waals surface area contributed by atoms with Crippen molar-refractivity contribution in [3.05, 3.63) is 23.3 Å². The molecular formula is C26H39N3O3. The van der Waals surface area contributed by atoms with Crippen LogP contribution in [0.25, 0.3) is 0 Å². The van der Waals surface area contributed by atoms with E-state index in [4.69, 9.17) is 9.47 Å². The summed E-state index contributed by atoms with van der Waals surface area (Å²) in [6.07, 6.45) is 12.3. The number of hydrogen-bond donors (Lipinski definition) is 0. The van der Waals surface area contributed by atoms with Gasteiger partial charge in [0, 0.05) is 25.4 Å². The molecule has 176 valence electrons. The number of benzene rings is 1. The highest BCUT2D eigenvalue weighted by atomic mass is 16.6. The number of carbonyl (C=O) groups excluding carboxylic acids is 1. The molecule has 2 aliphatic rings. The molecule has 6 nitrogen and oxygen atoms in total. The zero-order chi connectivity index (χ0) is 22.8. The zero-order valence-corrected chi connectivity index (χ0v) is 20.1. The molecule has 0 aromatic heterocycles. The summed E-state index contributed by atoms with van der Waals surface area (Å²) in [5, 5.41) is 0. The lowest BCUT2D eigenvalue weighted by molar-refractivity contribution is -0.127. The molecule has 0 unspecified atom stereocenters. The second-order valence-electron chi connectivity index (χ2n) is 8.81. The number of aliphatic imine (C=N–C) groups is 2. The normalized spacial score (nSPS) is 17.0. The minimum atomic E-state index is -0.497. The summed E-state index contributed by atoms with van der Waals surface area (Å²) < 4.78 is 10.9. The SMILES string of the molecule is CCCCCCCCCCOCC1=N/C(=N/c2cc3c(cc2C)N(CC)CCC3)C(=O)O1. The number of fused-ring (bicyclic) bond motifs is 1. The van der Waals surface area contributed by atoms with E-state index < -0.39 is 5.97 Å². The first-order valence-corrected chi connectivity index (χ1v) is 12.5. The average Bonchev–Trinajstić information content (AvgIpc) is 3.14. The van der Waals surface area contributed by atoms with E-state index in [1.165, 1.54) is 56.2 Å². The molecule has 2 heterocycles. The van der Waals surface area contributed by atoms with Gasteiger partial charge in [0.15, 0.2) is 0 Å². The Kier molecular flexibility index (Phi) is 9.72. The lowest BCUT2D eigenvalue weighted by atomic mass is 9.98. The van der Waals surface area contributed by atoms with E-state index in [-0.39, 0.29) is 12.4 Å². The van der Waals surface area contributed by atoms with E-state index in [2.05, 4.69) is 40.9 Å². The van der Waals surface area contributed by atoms with E-state index in [1.54, 1.807) is 0 Å². The number of esters is 1. The van der Waals surface area contributed by atoms with Crippen molar-refractivity contribution in [3.8, 4) is 0 Å². The maximum atomic E-state index is 12.2. The molecule has 0 bridgehead atoms. The first-order chi connectivity index (χ1) is 15.6. The minimum Gasteiger partial charge on any atom is -0.403 e. The molecule has 0 fully saturated rings. The van der Waals surface area contributed by atoms with Crippen LogP contribution in [0.15, 0.2) is 22.1 Å². The Morgan fingerprint density at radius 1 is 1.09 bits per heavy atom. The van der Waals surface area contributed by atoms with Crippen LogP contribution in [-0.4, -0.2) is 44.0 Å². The van der Waals surface area contributed by atoms with Gasteiger partial charge in [0.1, 0.15) is 6.61 Å². The molecule has 0 spiro atoms. The Bertz CT molecular complexity index is 832. The van der Waals surface area contributed by atoms with Gasteiger partial charge in [0.25, 0.3) is 0 Å². The first-order valence-electron chi connectivity index (χ1n) is 12.5. The maximum absolute atomic E-state index is 12.2. The van der Waals surface area contributed by atoms with Gasteiger partial charge in [-0.25, -0.2) is 9.79 Å². The van der Waals surface area contributed by atoms with Gasteiger partial charge < -0.3 is 14.4 Å². The Hall–Kier alpha value is -2.21. The topological polar surface area (TPSA) is 63.5 Å². The molecule has 0 amide bonds. The Morgan fingerprint density at radius 2 is 1.84 bits per heavy atom. The van der Waals surface area contributed by atoms with E-state index in [0.717, 1.165) is 43.6 Å². The number of anilines is 1. The van der Waals surface area contributed by atoms with Crippen LogP contribution < -0.4 is 4.90 Å². The van der Waals surface area contributed by atoms with Gasteiger partial charge in [0.05, 0.1) is 5.69 Å². The monoisotopic (exact) mass is 441 g/mol. The van der Waals surface area contributed by atoms with Crippen molar-refractivity contribution in [1.82, 2.24) is 0 Å². The fraction of sp³-hybridized carbons (Fsp3) is 0.654. The van der Waals surface area contributed by atoms with Crippen molar-refractivity contribution in [2.45, 2.75) is 85.0 Å². The van der Waals surface area contributed by atoms with Gasteiger partial charge >= 0.3 is 5.97 Å². The number of hydrogen-bond acceptors (Lipinski definition) is 5. The van der Waals surface area contributed by atoms with Gasteiger partial charge in [-0.15, -0.1) is 0 Å². The number of unbranched alkanes of at least 4 members (excludes halogenated alkanes) is 7. The van der Waals surface area contributed by atoms with Gasteiger partial charge in [-0.1, -0.05) is 51.9 Å². The summed E-state index contributed by atoms with van der Waals surface area (Å²) in [7, 11) is 0. The summed E-state index contributed by atoms with van der Waals surface area (Å²) in [5.41, 5.74) is 4.40. The van der Waals surface area contributed by atoms with Crippen molar-refractivity contribution in [3.63, 3.8) is 0 Å². The molecule has 1 aromatic carbocycles. The molecule has 0 aliphatic carbocycles. The number of cyclic esters (lactones) is 1. The Morgan fingerprint density at radius 3 is 2.59 bits per heavy atom. The van der Waals surface area contributed by atoms with Crippen molar-refractivity contribution in [1.29, 1.82) is 0 Å². The van der Waals surface area contributed by atoms with Gasteiger partial charge in [-0.2, -0.15) is 4.99 Å². The predicted octanol–water partition coefficient (Wildman–Crippen LogP) is 5.91. The smallest absolute Gasteiger partial charge is 0.383 e. The third-order valence-corrected chi connectivity index (χ3v) is 6.21. The van der Waals surface area contributed by atoms with Crippen molar-refractivity contribution >= 4 is 29.1 Å². The van der Waals surface area contributed by atoms with Crippen LogP contribution in [0.2, 0.25) is 0 Å². The predicted molar refractivity (Wildman–Crippen MR) is 131 cm³/mol. The molecule has 1 aromatic rings. The fourth-order valence-electron chi connectivity index (χ4n) is 4.33. The van der Waals surface area contributed by atoms with Crippen LogP contribution in [0.4, 0.5) is 11.4 Å². The molecular weight excluding hydrogens is 402 g/mol. The summed E-state index contributed by atoms with van der Waals surface area (Å²) in [5.74, 6) is -0.0778. The van der Waals surface area contributed by atoms with Crippen molar-refractivity contribution in [2.24, 2.45) is 9.98 Å². The summed E-state index contributed by atoms with van der Waals surface area (Å²) in [6, 6.07) is 4.27. The molecule has 2 aliphatic heterocycles. The quantitative estimate of drug-likeness (QED) is 0.282.